The van der Waals surface area contributed by atoms with E-state index >= 15 is 0 Å². The van der Waals surface area contributed by atoms with Gasteiger partial charge in [0, 0.05) is 37.3 Å². The van der Waals surface area contributed by atoms with Crippen LogP contribution >= 0.6 is 12.4 Å². The summed E-state index contributed by atoms with van der Waals surface area (Å²) < 4.78 is 13.7. The molecular weight excluding hydrogens is 265 g/mol. The van der Waals surface area contributed by atoms with Crippen LogP contribution in [0.5, 0.6) is 0 Å². The van der Waals surface area contributed by atoms with E-state index in [9.17, 15) is 4.39 Å². The van der Waals surface area contributed by atoms with Crippen LogP contribution in [-0.2, 0) is 6.54 Å². The van der Waals surface area contributed by atoms with Crippen LogP contribution in [0.2, 0.25) is 0 Å². The van der Waals surface area contributed by atoms with Gasteiger partial charge in [-0.05, 0) is 30.2 Å². The number of aromatic nitrogens is 1. The summed E-state index contributed by atoms with van der Waals surface area (Å²) in [5.74, 6) is -0.208. The van der Waals surface area contributed by atoms with Crippen LogP contribution in [0, 0.1) is 5.82 Å². The third-order valence-electron chi connectivity index (χ3n) is 3.50. The molecule has 1 atom stereocenters. The number of nitrogens with two attached hydrogens (primary N) is 1. The fraction of sp³-hybridized carbons (Fsp3) is 0.357. The van der Waals surface area contributed by atoms with Gasteiger partial charge >= 0.3 is 0 Å². The lowest BCUT2D eigenvalue weighted by atomic mass is 10.1. The van der Waals surface area contributed by atoms with Gasteiger partial charge in [-0.15, -0.1) is 12.4 Å². The Hall–Kier alpha value is -1.23. The molecule has 1 unspecified atom stereocenters. The van der Waals surface area contributed by atoms with Crippen LogP contribution in [0.25, 0.3) is 10.9 Å². The Balaban J connectivity index is 0.00000133. The molecule has 3 nitrogen and oxygen atoms in total. The van der Waals surface area contributed by atoms with Gasteiger partial charge in [0.15, 0.2) is 0 Å². The third kappa shape index (κ3) is 2.86. The number of likely N-dealkylation sites (tertiary alicyclic amines) is 1. The van der Waals surface area contributed by atoms with Crippen molar-refractivity contribution >= 4 is 23.3 Å². The zero-order valence-corrected chi connectivity index (χ0v) is 11.4. The van der Waals surface area contributed by atoms with E-state index in [1.165, 1.54) is 6.07 Å². The fourth-order valence-electron chi connectivity index (χ4n) is 2.57. The summed E-state index contributed by atoms with van der Waals surface area (Å²) in [6, 6.07) is 7.16. The van der Waals surface area contributed by atoms with E-state index in [0.717, 1.165) is 37.1 Å². The minimum Gasteiger partial charge on any atom is -0.326 e. The maximum Gasteiger partial charge on any atom is 0.132 e. The van der Waals surface area contributed by atoms with Gasteiger partial charge in [0.25, 0.3) is 0 Å². The van der Waals surface area contributed by atoms with Crippen molar-refractivity contribution in [1.82, 2.24) is 9.88 Å². The maximum absolute atomic E-state index is 13.7. The Bertz CT molecular complexity index is 576. The van der Waals surface area contributed by atoms with Gasteiger partial charge in [-0.3, -0.25) is 9.88 Å². The summed E-state index contributed by atoms with van der Waals surface area (Å²) in [5.41, 5.74) is 7.73. The van der Waals surface area contributed by atoms with Crippen molar-refractivity contribution in [1.29, 1.82) is 0 Å². The lowest BCUT2D eigenvalue weighted by Crippen LogP contribution is -2.26. The molecule has 1 aliphatic heterocycles. The summed E-state index contributed by atoms with van der Waals surface area (Å²) in [4.78, 5) is 6.60. The first-order valence-corrected chi connectivity index (χ1v) is 6.24. The van der Waals surface area contributed by atoms with Crippen molar-refractivity contribution in [2.24, 2.45) is 5.73 Å². The number of hydrogen-bond donors (Lipinski definition) is 1. The molecule has 0 aliphatic carbocycles. The average Bonchev–Trinajstić information content (AvgIpc) is 2.79. The van der Waals surface area contributed by atoms with E-state index in [0.29, 0.717) is 5.39 Å². The van der Waals surface area contributed by atoms with Crippen LogP contribution in [0.3, 0.4) is 0 Å². The van der Waals surface area contributed by atoms with Gasteiger partial charge < -0.3 is 5.73 Å². The first-order chi connectivity index (χ1) is 8.74. The highest BCUT2D eigenvalue weighted by molar-refractivity contribution is 5.85. The van der Waals surface area contributed by atoms with Crippen molar-refractivity contribution in [2.45, 2.75) is 19.0 Å². The number of halogens is 2. The molecule has 5 heteroatoms. The number of pyridine rings is 1. The van der Waals surface area contributed by atoms with Gasteiger partial charge in [0.1, 0.15) is 5.82 Å². The molecule has 2 N–H and O–H groups in total. The molecule has 3 rings (SSSR count). The zero-order chi connectivity index (χ0) is 12.5. The Morgan fingerprint density at radius 3 is 2.95 bits per heavy atom. The van der Waals surface area contributed by atoms with E-state index < -0.39 is 0 Å². The Morgan fingerprint density at radius 1 is 1.37 bits per heavy atom. The second-order valence-corrected chi connectivity index (χ2v) is 4.89. The first-order valence-electron chi connectivity index (χ1n) is 6.24. The molecule has 0 amide bonds. The van der Waals surface area contributed by atoms with Crippen molar-refractivity contribution in [3.63, 3.8) is 0 Å². The smallest absolute Gasteiger partial charge is 0.132 e. The number of benzene rings is 1. The molecule has 2 heterocycles. The topological polar surface area (TPSA) is 42.1 Å². The van der Waals surface area contributed by atoms with E-state index in [1.807, 2.05) is 6.07 Å². The highest BCUT2D eigenvalue weighted by Crippen LogP contribution is 2.22. The van der Waals surface area contributed by atoms with Crippen LogP contribution in [0.15, 0.2) is 30.5 Å². The molecule has 102 valence electrons. The van der Waals surface area contributed by atoms with Crippen LogP contribution < -0.4 is 5.73 Å². The Kier molecular flexibility index (Phi) is 4.34. The van der Waals surface area contributed by atoms with Gasteiger partial charge in [-0.2, -0.15) is 0 Å². The van der Waals surface area contributed by atoms with Crippen molar-refractivity contribution < 1.29 is 4.39 Å². The van der Waals surface area contributed by atoms with Crippen molar-refractivity contribution in [3.8, 4) is 0 Å². The molecule has 0 bridgehead atoms. The molecule has 0 radical (unpaired) electrons. The quantitative estimate of drug-likeness (QED) is 0.919. The Morgan fingerprint density at radius 2 is 2.21 bits per heavy atom. The number of rotatable bonds is 2. The molecule has 1 aromatic heterocycles. The maximum atomic E-state index is 13.7. The third-order valence-corrected chi connectivity index (χ3v) is 3.50. The normalized spacial score (nSPS) is 19.6. The predicted octanol–water partition coefficient (Wildman–Crippen LogP) is 2.33. The van der Waals surface area contributed by atoms with Crippen molar-refractivity contribution in [3.05, 3.63) is 41.8 Å². The van der Waals surface area contributed by atoms with Gasteiger partial charge in [-0.25, -0.2) is 4.39 Å². The average molecular weight is 282 g/mol. The van der Waals surface area contributed by atoms with Crippen LogP contribution in [0.1, 0.15) is 12.0 Å². The summed E-state index contributed by atoms with van der Waals surface area (Å²) in [5, 5.41) is 0.596. The number of nitrogens with zero attached hydrogens (tertiary/aromatic N) is 2. The lowest BCUT2D eigenvalue weighted by Gasteiger charge is -2.16. The molecular formula is C14H17ClFN3. The summed E-state index contributed by atoms with van der Waals surface area (Å²) in [7, 11) is 0. The molecule has 1 saturated heterocycles. The lowest BCUT2D eigenvalue weighted by molar-refractivity contribution is 0.328. The van der Waals surface area contributed by atoms with Gasteiger partial charge in [0.05, 0.1) is 5.52 Å². The first kappa shape index (κ1) is 14.2. The molecule has 2 aromatic rings. The number of fused-ring (bicyclic) bond motifs is 1. The molecule has 0 saturated carbocycles. The minimum atomic E-state index is -0.208. The number of hydrogen-bond acceptors (Lipinski definition) is 3. The second-order valence-electron chi connectivity index (χ2n) is 4.89. The molecule has 19 heavy (non-hydrogen) atoms. The Labute approximate surface area is 118 Å². The summed E-state index contributed by atoms with van der Waals surface area (Å²) in [6.07, 6.45) is 2.74. The van der Waals surface area contributed by atoms with Crippen LogP contribution in [-0.4, -0.2) is 29.0 Å². The van der Waals surface area contributed by atoms with E-state index in [2.05, 4.69) is 9.88 Å². The largest absolute Gasteiger partial charge is 0.326 e. The fourth-order valence-corrected chi connectivity index (χ4v) is 2.57. The minimum absolute atomic E-state index is 0. The molecule has 1 aliphatic rings. The monoisotopic (exact) mass is 281 g/mol. The van der Waals surface area contributed by atoms with E-state index in [1.54, 1.807) is 18.3 Å². The highest BCUT2D eigenvalue weighted by Gasteiger charge is 2.20. The zero-order valence-electron chi connectivity index (χ0n) is 10.6. The van der Waals surface area contributed by atoms with Gasteiger partial charge in [-0.1, -0.05) is 6.07 Å². The summed E-state index contributed by atoms with van der Waals surface area (Å²) in [6.45, 7) is 2.71. The standard InChI is InChI=1S/C14H16FN3.ClH/c15-13-4-3-10(8-18-7-5-11(16)9-18)14-12(13)2-1-6-17-14;/h1-4,6,11H,5,7-9,16H2;1H. The second kappa shape index (κ2) is 5.82. The van der Waals surface area contributed by atoms with Crippen LogP contribution in [0.4, 0.5) is 4.39 Å². The van der Waals surface area contributed by atoms with E-state index in [4.69, 9.17) is 5.73 Å². The van der Waals surface area contributed by atoms with Crippen molar-refractivity contribution in [2.75, 3.05) is 13.1 Å². The van der Waals surface area contributed by atoms with Gasteiger partial charge in [0.2, 0.25) is 0 Å². The molecule has 1 aromatic carbocycles. The molecule has 1 fully saturated rings. The highest BCUT2D eigenvalue weighted by atomic mass is 35.5. The SMILES string of the molecule is Cl.NC1CCN(Cc2ccc(F)c3cccnc23)C1. The molecule has 0 spiro atoms. The summed E-state index contributed by atoms with van der Waals surface area (Å²) >= 11 is 0. The predicted molar refractivity (Wildman–Crippen MR) is 76.8 cm³/mol. The van der Waals surface area contributed by atoms with E-state index in [-0.39, 0.29) is 24.3 Å².